The number of halogens is 3. The highest BCUT2D eigenvalue weighted by atomic mass is 79.9. The smallest absolute Gasteiger partial charge is 0.164 e. The summed E-state index contributed by atoms with van der Waals surface area (Å²) in [5, 5.41) is 12.2. The topological polar surface area (TPSA) is 20.2 Å². The van der Waals surface area contributed by atoms with Gasteiger partial charge in [0.15, 0.2) is 11.6 Å². The Morgan fingerprint density at radius 2 is 1.62 bits per heavy atom. The van der Waals surface area contributed by atoms with Gasteiger partial charge in [0.25, 0.3) is 0 Å². The zero-order valence-electron chi connectivity index (χ0n) is 10.9. The highest BCUT2D eigenvalue weighted by Crippen LogP contribution is 2.29. The lowest BCUT2D eigenvalue weighted by Gasteiger charge is -2.13. The first-order valence-corrected chi connectivity index (χ1v) is 7.17. The van der Waals surface area contributed by atoms with Crippen molar-refractivity contribution in [1.29, 1.82) is 0 Å². The minimum absolute atomic E-state index is 0.0635. The standard InChI is InChI=1S/C17H11BrF2O/c18-13-7-6-10-8-12(5-4-11(10)9-13)17(21)14-2-1-3-15(19)16(14)20/h1-9,17,21H. The summed E-state index contributed by atoms with van der Waals surface area (Å²) in [6.45, 7) is 0. The highest BCUT2D eigenvalue weighted by Gasteiger charge is 2.17. The Morgan fingerprint density at radius 3 is 2.43 bits per heavy atom. The van der Waals surface area contributed by atoms with E-state index in [4.69, 9.17) is 0 Å². The maximum absolute atomic E-state index is 13.8. The summed E-state index contributed by atoms with van der Waals surface area (Å²) in [6, 6.07) is 14.9. The number of hydrogen-bond donors (Lipinski definition) is 1. The van der Waals surface area contributed by atoms with Gasteiger partial charge in [0.2, 0.25) is 0 Å². The molecule has 1 atom stereocenters. The van der Waals surface area contributed by atoms with Crippen LogP contribution in [0.3, 0.4) is 0 Å². The first-order chi connectivity index (χ1) is 10.1. The van der Waals surface area contributed by atoms with Crippen molar-refractivity contribution in [2.45, 2.75) is 6.10 Å². The third-order valence-electron chi connectivity index (χ3n) is 3.42. The monoisotopic (exact) mass is 348 g/mol. The lowest BCUT2D eigenvalue weighted by atomic mass is 9.98. The van der Waals surface area contributed by atoms with Gasteiger partial charge in [0.1, 0.15) is 6.10 Å². The van der Waals surface area contributed by atoms with Gasteiger partial charge in [0.05, 0.1) is 0 Å². The molecule has 21 heavy (non-hydrogen) atoms. The minimum Gasteiger partial charge on any atom is -0.384 e. The molecule has 0 aliphatic heterocycles. The molecule has 0 heterocycles. The molecule has 3 aromatic carbocycles. The average Bonchev–Trinajstić information content (AvgIpc) is 2.49. The lowest BCUT2D eigenvalue weighted by molar-refractivity contribution is 0.213. The molecule has 3 rings (SSSR count). The van der Waals surface area contributed by atoms with Crippen molar-refractivity contribution >= 4 is 26.7 Å². The van der Waals surface area contributed by atoms with Crippen LogP contribution in [0.15, 0.2) is 59.1 Å². The van der Waals surface area contributed by atoms with Gasteiger partial charge < -0.3 is 5.11 Å². The lowest BCUT2D eigenvalue weighted by Crippen LogP contribution is -2.04. The predicted octanol–water partition coefficient (Wildman–Crippen LogP) is 4.96. The Balaban J connectivity index is 2.07. The molecule has 0 saturated carbocycles. The van der Waals surface area contributed by atoms with E-state index in [-0.39, 0.29) is 5.56 Å². The van der Waals surface area contributed by atoms with E-state index in [1.807, 2.05) is 24.3 Å². The maximum Gasteiger partial charge on any atom is 0.164 e. The predicted molar refractivity (Wildman–Crippen MR) is 82.1 cm³/mol. The van der Waals surface area contributed by atoms with Crippen LogP contribution < -0.4 is 0 Å². The van der Waals surface area contributed by atoms with Crippen LogP contribution in [0.4, 0.5) is 8.78 Å². The Labute approximate surface area is 129 Å². The molecule has 0 amide bonds. The highest BCUT2D eigenvalue weighted by molar-refractivity contribution is 9.10. The van der Waals surface area contributed by atoms with Crippen LogP contribution in [0.2, 0.25) is 0 Å². The summed E-state index contributed by atoms with van der Waals surface area (Å²) in [7, 11) is 0. The van der Waals surface area contributed by atoms with Crippen molar-refractivity contribution < 1.29 is 13.9 Å². The normalized spacial score (nSPS) is 12.6. The zero-order valence-corrected chi connectivity index (χ0v) is 12.4. The van der Waals surface area contributed by atoms with Crippen LogP contribution in [0, 0.1) is 11.6 Å². The van der Waals surface area contributed by atoms with E-state index in [0.717, 1.165) is 21.3 Å². The van der Waals surface area contributed by atoms with Gasteiger partial charge in [-0.15, -0.1) is 0 Å². The fourth-order valence-electron chi connectivity index (χ4n) is 2.32. The average molecular weight is 349 g/mol. The number of benzene rings is 3. The van der Waals surface area contributed by atoms with Crippen LogP contribution >= 0.6 is 15.9 Å². The Bertz CT molecular complexity index is 817. The summed E-state index contributed by atoms with van der Waals surface area (Å²) >= 11 is 3.39. The first-order valence-electron chi connectivity index (χ1n) is 6.37. The van der Waals surface area contributed by atoms with Crippen molar-refractivity contribution in [1.82, 2.24) is 0 Å². The first kappa shape index (κ1) is 14.2. The molecule has 0 radical (unpaired) electrons. The second-order valence-corrected chi connectivity index (χ2v) is 5.71. The van der Waals surface area contributed by atoms with E-state index in [9.17, 15) is 13.9 Å². The van der Waals surface area contributed by atoms with Crippen LogP contribution in [-0.2, 0) is 0 Å². The molecule has 0 fully saturated rings. The summed E-state index contributed by atoms with van der Waals surface area (Å²) < 4.78 is 28.0. The maximum atomic E-state index is 13.8. The molecule has 0 saturated heterocycles. The molecule has 1 nitrogen and oxygen atoms in total. The number of fused-ring (bicyclic) bond motifs is 1. The van der Waals surface area contributed by atoms with Crippen molar-refractivity contribution in [3.63, 3.8) is 0 Å². The molecular weight excluding hydrogens is 338 g/mol. The fraction of sp³-hybridized carbons (Fsp3) is 0.0588. The molecular formula is C17H11BrF2O. The van der Waals surface area contributed by atoms with Crippen LogP contribution in [0.5, 0.6) is 0 Å². The Hall–Kier alpha value is -1.78. The number of rotatable bonds is 2. The van der Waals surface area contributed by atoms with E-state index in [1.54, 1.807) is 12.1 Å². The number of aliphatic hydroxyl groups is 1. The van der Waals surface area contributed by atoms with E-state index >= 15 is 0 Å². The molecule has 3 aromatic rings. The van der Waals surface area contributed by atoms with Crippen molar-refractivity contribution in [3.8, 4) is 0 Å². The molecule has 0 bridgehead atoms. The van der Waals surface area contributed by atoms with Crippen molar-refractivity contribution in [3.05, 3.63) is 81.8 Å². The number of aliphatic hydroxyl groups excluding tert-OH is 1. The molecule has 1 unspecified atom stereocenters. The quantitative estimate of drug-likeness (QED) is 0.693. The van der Waals surface area contributed by atoms with Gasteiger partial charge in [-0.3, -0.25) is 0 Å². The second-order valence-electron chi connectivity index (χ2n) is 4.80. The zero-order chi connectivity index (χ0) is 15.0. The molecule has 4 heteroatoms. The van der Waals surface area contributed by atoms with Crippen LogP contribution in [0.25, 0.3) is 10.8 Å². The van der Waals surface area contributed by atoms with Crippen LogP contribution in [-0.4, -0.2) is 5.11 Å². The third kappa shape index (κ3) is 2.69. The van der Waals surface area contributed by atoms with Gasteiger partial charge in [-0.05, 0) is 40.6 Å². The Morgan fingerprint density at radius 1 is 0.905 bits per heavy atom. The second kappa shape index (κ2) is 5.54. The number of hydrogen-bond acceptors (Lipinski definition) is 1. The summed E-state index contributed by atoms with van der Waals surface area (Å²) in [4.78, 5) is 0. The summed E-state index contributed by atoms with van der Waals surface area (Å²) in [6.07, 6.45) is -1.20. The van der Waals surface area contributed by atoms with Crippen LogP contribution in [0.1, 0.15) is 17.2 Å². The van der Waals surface area contributed by atoms with E-state index < -0.39 is 17.7 Å². The molecule has 0 spiro atoms. The molecule has 1 N–H and O–H groups in total. The molecule has 0 aliphatic carbocycles. The summed E-state index contributed by atoms with van der Waals surface area (Å²) in [5.41, 5.74) is 0.459. The van der Waals surface area contributed by atoms with Gasteiger partial charge in [0, 0.05) is 10.0 Å². The third-order valence-corrected chi connectivity index (χ3v) is 3.91. The van der Waals surface area contributed by atoms with Gasteiger partial charge >= 0.3 is 0 Å². The summed E-state index contributed by atoms with van der Waals surface area (Å²) in [5.74, 6) is -1.97. The van der Waals surface area contributed by atoms with E-state index in [2.05, 4.69) is 15.9 Å². The van der Waals surface area contributed by atoms with Crippen molar-refractivity contribution in [2.24, 2.45) is 0 Å². The fourth-order valence-corrected chi connectivity index (χ4v) is 2.70. The van der Waals surface area contributed by atoms with E-state index in [0.29, 0.717) is 5.56 Å². The SMILES string of the molecule is OC(c1ccc2cc(Br)ccc2c1)c1cccc(F)c1F. The molecule has 106 valence electrons. The van der Waals surface area contributed by atoms with Gasteiger partial charge in [-0.25, -0.2) is 8.78 Å². The minimum atomic E-state index is -1.20. The molecule has 0 aliphatic rings. The van der Waals surface area contributed by atoms with Crippen molar-refractivity contribution in [2.75, 3.05) is 0 Å². The molecule has 0 aromatic heterocycles. The van der Waals surface area contributed by atoms with E-state index in [1.165, 1.54) is 12.1 Å². The Kier molecular flexibility index (Phi) is 3.74. The van der Waals surface area contributed by atoms with Gasteiger partial charge in [-0.1, -0.05) is 46.3 Å². The largest absolute Gasteiger partial charge is 0.384 e. The van der Waals surface area contributed by atoms with Gasteiger partial charge in [-0.2, -0.15) is 0 Å².